The number of hydrogen-bond donors (Lipinski definition) is 3. The average Bonchev–Trinajstić information content (AvgIpc) is 2.99. The van der Waals surface area contributed by atoms with Gasteiger partial charge in [-0.25, -0.2) is 4.98 Å². The molecule has 31 heavy (non-hydrogen) atoms. The van der Waals surface area contributed by atoms with Gasteiger partial charge in [-0.2, -0.15) is 0 Å². The van der Waals surface area contributed by atoms with Crippen LogP contribution in [0.25, 0.3) is 0 Å². The van der Waals surface area contributed by atoms with Gasteiger partial charge >= 0.3 is 0 Å². The van der Waals surface area contributed by atoms with Gasteiger partial charge in [0, 0.05) is 43.5 Å². The number of carbonyl (C=O) groups excluding carboxylic acids is 1. The minimum absolute atomic E-state index is 0.0915. The molecule has 2 aliphatic rings. The molecule has 3 N–H and O–H groups in total. The van der Waals surface area contributed by atoms with Crippen LogP contribution >= 0.6 is 0 Å². The van der Waals surface area contributed by atoms with E-state index in [1.807, 2.05) is 18.2 Å². The summed E-state index contributed by atoms with van der Waals surface area (Å²) in [7, 11) is 0. The molecule has 2 fully saturated rings. The fourth-order valence-electron chi connectivity index (χ4n) is 5.12. The van der Waals surface area contributed by atoms with E-state index in [0.717, 1.165) is 45.2 Å². The summed E-state index contributed by atoms with van der Waals surface area (Å²) in [6.07, 6.45) is 8.65. The van der Waals surface area contributed by atoms with Crippen molar-refractivity contribution in [1.29, 1.82) is 0 Å². The first kappa shape index (κ1) is 21.9. The summed E-state index contributed by atoms with van der Waals surface area (Å²) in [4.78, 5) is 23.1. The SMILES string of the molecule is O=C(NC[C@@]1(c2ccccc2)CC[C@H](O)[C@@H](N2CCC(O)CC2)CC1)c1cnccn1. The van der Waals surface area contributed by atoms with Gasteiger partial charge in [0.1, 0.15) is 5.69 Å². The molecule has 7 heteroatoms. The molecule has 1 aliphatic heterocycles. The van der Waals surface area contributed by atoms with Crippen molar-refractivity contribution in [2.24, 2.45) is 0 Å². The number of aliphatic hydroxyl groups excluding tert-OH is 2. The van der Waals surface area contributed by atoms with Crippen LogP contribution in [0.4, 0.5) is 0 Å². The molecular formula is C24H32N4O3. The quantitative estimate of drug-likeness (QED) is 0.634. The number of aliphatic hydroxyl groups is 2. The largest absolute Gasteiger partial charge is 0.393 e. The Balaban J connectivity index is 1.52. The van der Waals surface area contributed by atoms with E-state index in [2.05, 4.69) is 32.3 Å². The molecule has 1 amide bonds. The third kappa shape index (κ3) is 5.11. The Morgan fingerprint density at radius 3 is 2.52 bits per heavy atom. The number of benzene rings is 1. The standard InChI is InChI=1S/C24H32N4O3/c29-19-8-14-28(15-9-19)21-6-10-24(11-7-22(21)30,18-4-2-1-3-5-18)17-27-23(31)20-16-25-12-13-26-20/h1-5,12-13,16,19,21-22,29-30H,6-11,14-15,17H2,(H,27,31)/t21-,22-,24-/m0/s1. The second-order valence-corrected chi connectivity index (χ2v) is 8.90. The van der Waals surface area contributed by atoms with Crippen molar-refractivity contribution in [3.63, 3.8) is 0 Å². The van der Waals surface area contributed by atoms with Gasteiger partial charge in [-0.05, 0) is 44.1 Å². The van der Waals surface area contributed by atoms with Crippen molar-refractivity contribution >= 4 is 5.91 Å². The van der Waals surface area contributed by atoms with Gasteiger partial charge in [-0.15, -0.1) is 0 Å². The van der Waals surface area contributed by atoms with E-state index in [4.69, 9.17) is 0 Å². The number of amides is 1. The molecule has 1 aromatic heterocycles. The van der Waals surface area contributed by atoms with Gasteiger partial charge in [0.15, 0.2) is 0 Å². The summed E-state index contributed by atoms with van der Waals surface area (Å²) < 4.78 is 0. The molecular weight excluding hydrogens is 392 g/mol. The lowest BCUT2D eigenvalue weighted by Crippen LogP contribution is -2.48. The van der Waals surface area contributed by atoms with Crippen LogP contribution in [-0.2, 0) is 5.41 Å². The molecule has 1 saturated heterocycles. The van der Waals surface area contributed by atoms with Crippen LogP contribution in [0.5, 0.6) is 0 Å². The molecule has 3 atom stereocenters. The third-order valence-electron chi connectivity index (χ3n) is 7.02. The van der Waals surface area contributed by atoms with E-state index < -0.39 is 6.10 Å². The van der Waals surface area contributed by atoms with Gasteiger partial charge in [0.05, 0.1) is 18.4 Å². The van der Waals surface area contributed by atoms with Crippen LogP contribution in [0.1, 0.15) is 54.6 Å². The Morgan fingerprint density at radius 2 is 1.81 bits per heavy atom. The third-order valence-corrected chi connectivity index (χ3v) is 7.02. The molecule has 2 aromatic rings. The van der Waals surface area contributed by atoms with Crippen molar-refractivity contribution in [1.82, 2.24) is 20.2 Å². The number of likely N-dealkylation sites (tertiary alicyclic amines) is 1. The van der Waals surface area contributed by atoms with Crippen molar-refractivity contribution in [2.45, 2.75) is 62.2 Å². The molecule has 0 spiro atoms. The zero-order chi connectivity index (χ0) is 21.7. The molecule has 1 saturated carbocycles. The lowest BCUT2D eigenvalue weighted by molar-refractivity contribution is 0.00482. The van der Waals surface area contributed by atoms with E-state index in [-0.39, 0.29) is 23.5 Å². The summed E-state index contributed by atoms with van der Waals surface area (Å²) in [5.41, 5.74) is 1.25. The monoisotopic (exact) mass is 424 g/mol. The molecule has 0 radical (unpaired) electrons. The Kier molecular flexibility index (Phi) is 6.95. The fraction of sp³-hybridized carbons (Fsp3) is 0.542. The highest BCUT2D eigenvalue weighted by Crippen LogP contribution is 2.39. The summed E-state index contributed by atoms with van der Waals surface area (Å²) >= 11 is 0. The Labute approximate surface area is 183 Å². The highest BCUT2D eigenvalue weighted by Gasteiger charge is 2.40. The van der Waals surface area contributed by atoms with Crippen LogP contribution in [-0.4, -0.2) is 68.9 Å². The summed E-state index contributed by atoms with van der Waals surface area (Å²) in [5.74, 6) is -0.227. The second-order valence-electron chi connectivity index (χ2n) is 8.90. The maximum absolute atomic E-state index is 12.7. The first-order valence-electron chi connectivity index (χ1n) is 11.3. The number of rotatable bonds is 5. The van der Waals surface area contributed by atoms with E-state index in [1.54, 1.807) is 6.20 Å². The smallest absolute Gasteiger partial charge is 0.271 e. The molecule has 0 bridgehead atoms. The van der Waals surface area contributed by atoms with Gasteiger partial charge in [0.2, 0.25) is 0 Å². The Hall–Kier alpha value is -2.35. The maximum atomic E-state index is 12.7. The number of hydrogen-bond acceptors (Lipinski definition) is 6. The molecule has 1 aliphatic carbocycles. The summed E-state index contributed by atoms with van der Waals surface area (Å²) in [6, 6.07) is 10.4. The number of nitrogens with zero attached hydrogens (tertiary/aromatic N) is 3. The lowest BCUT2D eigenvalue weighted by Gasteiger charge is -2.38. The maximum Gasteiger partial charge on any atom is 0.271 e. The van der Waals surface area contributed by atoms with Gasteiger partial charge in [-0.1, -0.05) is 30.3 Å². The fourth-order valence-corrected chi connectivity index (χ4v) is 5.12. The van der Waals surface area contributed by atoms with E-state index in [9.17, 15) is 15.0 Å². The highest BCUT2D eigenvalue weighted by atomic mass is 16.3. The van der Waals surface area contributed by atoms with E-state index >= 15 is 0 Å². The van der Waals surface area contributed by atoms with Gasteiger partial charge < -0.3 is 15.5 Å². The van der Waals surface area contributed by atoms with Crippen molar-refractivity contribution in [3.05, 3.63) is 60.2 Å². The predicted octanol–water partition coefficient (Wildman–Crippen LogP) is 1.90. The van der Waals surface area contributed by atoms with Crippen LogP contribution < -0.4 is 5.32 Å². The lowest BCUT2D eigenvalue weighted by atomic mass is 9.74. The molecule has 166 valence electrons. The van der Waals surface area contributed by atoms with E-state index in [0.29, 0.717) is 18.7 Å². The average molecular weight is 425 g/mol. The normalized spacial score (nSPS) is 28.1. The number of aromatic nitrogens is 2. The van der Waals surface area contributed by atoms with Crippen molar-refractivity contribution < 1.29 is 15.0 Å². The number of piperidine rings is 1. The van der Waals surface area contributed by atoms with Gasteiger partial charge in [0.25, 0.3) is 5.91 Å². The Morgan fingerprint density at radius 1 is 1.06 bits per heavy atom. The minimum Gasteiger partial charge on any atom is -0.393 e. The van der Waals surface area contributed by atoms with Crippen LogP contribution in [0, 0.1) is 0 Å². The Bertz CT molecular complexity index is 842. The van der Waals surface area contributed by atoms with Crippen LogP contribution in [0.15, 0.2) is 48.9 Å². The first-order valence-corrected chi connectivity index (χ1v) is 11.3. The zero-order valence-corrected chi connectivity index (χ0v) is 17.9. The molecule has 4 rings (SSSR count). The minimum atomic E-state index is -0.406. The molecule has 2 heterocycles. The second kappa shape index (κ2) is 9.85. The zero-order valence-electron chi connectivity index (χ0n) is 17.9. The van der Waals surface area contributed by atoms with Gasteiger partial charge in [-0.3, -0.25) is 14.7 Å². The summed E-state index contributed by atoms with van der Waals surface area (Å²) in [5, 5.41) is 23.9. The molecule has 1 aromatic carbocycles. The predicted molar refractivity (Wildman–Crippen MR) is 118 cm³/mol. The van der Waals surface area contributed by atoms with Crippen LogP contribution in [0.3, 0.4) is 0 Å². The first-order chi connectivity index (χ1) is 15.1. The topological polar surface area (TPSA) is 98.6 Å². The van der Waals surface area contributed by atoms with Crippen molar-refractivity contribution in [2.75, 3.05) is 19.6 Å². The van der Waals surface area contributed by atoms with Crippen molar-refractivity contribution in [3.8, 4) is 0 Å². The van der Waals surface area contributed by atoms with E-state index in [1.165, 1.54) is 18.0 Å². The number of nitrogens with one attached hydrogen (secondary N) is 1. The summed E-state index contributed by atoms with van der Waals surface area (Å²) in [6.45, 7) is 2.14. The highest BCUT2D eigenvalue weighted by molar-refractivity contribution is 5.91. The molecule has 7 nitrogen and oxygen atoms in total. The number of carbonyl (C=O) groups is 1. The molecule has 0 unspecified atom stereocenters. The van der Waals surface area contributed by atoms with Crippen LogP contribution in [0.2, 0.25) is 0 Å².